The first-order valence-electron chi connectivity index (χ1n) is 6.41. The Kier molecular flexibility index (Phi) is 4.04. The number of aromatic nitrogens is 2. The van der Waals surface area contributed by atoms with Gasteiger partial charge in [-0.1, -0.05) is 24.4 Å². The molecule has 1 aromatic heterocycles. The van der Waals surface area contributed by atoms with Gasteiger partial charge in [0.25, 0.3) is 5.91 Å². The fourth-order valence-corrected chi connectivity index (χ4v) is 2.67. The Labute approximate surface area is 122 Å². The van der Waals surface area contributed by atoms with Crippen molar-refractivity contribution in [3.63, 3.8) is 0 Å². The molecule has 3 N–H and O–H groups in total. The molecule has 0 aliphatic rings. The fraction of sp³-hybridized carbons (Fsp3) is 0.357. The molecular formula is C14H18N4OS. The summed E-state index contributed by atoms with van der Waals surface area (Å²) in [4.78, 5) is 13.0. The highest BCUT2D eigenvalue weighted by atomic mass is 32.1. The third kappa shape index (κ3) is 2.65. The monoisotopic (exact) mass is 290 g/mol. The van der Waals surface area contributed by atoms with Crippen LogP contribution in [0, 0.1) is 13.8 Å². The van der Waals surface area contributed by atoms with E-state index in [-0.39, 0.29) is 11.8 Å². The number of nitrogens with two attached hydrogens (primary N) is 1. The summed E-state index contributed by atoms with van der Waals surface area (Å²) < 4.78 is 3.87. The van der Waals surface area contributed by atoms with Crippen molar-refractivity contribution in [2.24, 2.45) is 0 Å². The molecular weight excluding hydrogens is 272 g/mol. The second-order valence-corrected chi connectivity index (χ2v) is 5.82. The summed E-state index contributed by atoms with van der Waals surface area (Å²) >= 11 is 1.12. The molecule has 0 saturated carbocycles. The van der Waals surface area contributed by atoms with Gasteiger partial charge in [0.1, 0.15) is 4.88 Å². The van der Waals surface area contributed by atoms with Gasteiger partial charge in [-0.2, -0.15) is 0 Å². The normalized spacial score (nSPS) is 10.8. The number of benzene rings is 1. The van der Waals surface area contributed by atoms with Crippen LogP contribution in [-0.2, 0) is 0 Å². The number of nitrogen functional groups attached to an aromatic ring is 1. The van der Waals surface area contributed by atoms with Crippen molar-refractivity contribution in [2.45, 2.75) is 33.6 Å². The van der Waals surface area contributed by atoms with Crippen LogP contribution < -0.4 is 11.1 Å². The van der Waals surface area contributed by atoms with Gasteiger partial charge in [0.2, 0.25) is 0 Å². The van der Waals surface area contributed by atoms with Crippen molar-refractivity contribution in [2.75, 3.05) is 11.1 Å². The first kappa shape index (κ1) is 14.5. The van der Waals surface area contributed by atoms with Gasteiger partial charge in [0, 0.05) is 11.4 Å². The van der Waals surface area contributed by atoms with Gasteiger partial charge >= 0.3 is 0 Å². The van der Waals surface area contributed by atoms with Crippen LogP contribution in [0.15, 0.2) is 12.1 Å². The van der Waals surface area contributed by atoms with E-state index in [1.807, 2.05) is 39.8 Å². The van der Waals surface area contributed by atoms with Crippen LogP contribution in [0.3, 0.4) is 0 Å². The van der Waals surface area contributed by atoms with Crippen molar-refractivity contribution < 1.29 is 4.79 Å². The molecule has 5 nitrogen and oxygen atoms in total. The molecule has 0 saturated heterocycles. The molecule has 0 spiro atoms. The zero-order chi connectivity index (χ0) is 14.9. The maximum Gasteiger partial charge on any atom is 0.269 e. The Morgan fingerprint density at radius 2 is 2.05 bits per heavy atom. The summed E-state index contributed by atoms with van der Waals surface area (Å²) in [7, 11) is 0. The van der Waals surface area contributed by atoms with Crippen LogP contribution in [0.1, 0.15) is 46.3 Å². The number of anilines is 2. The van der Waals surface area contributed by atoms with Crippen LogP contribution in [0.25, 0.3) is 0 Å². The number of nitrogens with zero attached hydrogens (tertiary/aromatic N) is 2. The molecule has 0 aliphatic carbocycles. The van der Waals surface area contributed by atoms with Gasteiger partial charge < -0.3 is 11.1 Å². The second kappa shape index (κ2) is 5.58. The molecule has 1 heterocycles. The first-order chi connectivity index (χ1) is 9.41. The summed E-state index contributed by atoms with van der Waals surface area (Å²) in [6, 6.07) is 3.74. The summed E-state index contributed by atoms with van der Waals surface area (Å²) in [6.07, 6.45) is 0. The van der Waals surface area contributed by atoms with Gasteiger partial charge in [-0.05, 0) is 48.5 Å². The molecule has 2 aromatic rings. The van der Waals surface area contributed by atoms with Crippen molar-refractivity contribution in [3.8, 4) is 0 Å². The van der Waals surface area contributed by atoms with Gasteiger partial charge in [-0.25, -0.2) is 0 Å². The molecule has 0 fully saturated rings. The van der Waals surface area contributed by atoms with Crippen LogP contribution >= 0.6 is 11.5 Å². The lowest BCUT2D eigenvalue weighted by molar-refractivity contribution is 0.102. The van der Waals surface area contributed by atoms with E-state index in [1.165, 1.54) is 0 Å². The lowest BCUT2D eigenvalue weighted by Crippen LogP contribution is -2.15. The molecule has 6 heteroatoms. The molecule has 0 radical (unpaired) electrons. The minimum atomic E-state index is -0.180. The summed E-state index contributed by atoms with van der Waals surface area (Å²) in [5.41, 5.74) is 9.90. The lowest BCUT2D eigenvalue weighted by Gasteiger charge is -2.13. The predicted molar refractivity (Wildman–Crippen MR) is 82.3 cm³/mol. The fourth-order valence-electron chi connectivity index (χ4n) is 1.96. The smallest absolute Gasteiger partial charge is 0.269 e. The van der Waals surface area contributed by atoms with E-state index in [1.54, 1.807) is 0 Å². The van der Waals surface area contributed by atoms with Crippen LogP contribution in [0.2, 0.25) is 0 Å². The van der Waals surface area contributed by atoms with E-state index in [2.05, 4.69) is 14.9 Å². The van der Waals surface area contributed by atoms with E-state index in [0.717, 1.165) is 34.0 Å². The SMILES string of the molecule is Cc1ccc(N)c(C)c1NC(=O)c1snnc1C(C)C. The zero-order valence-electron chi connectivity index (χ0n) is 12.0. The Balaban J connectivity index is 2.33. The Hall–Kier alpha value is -1.95. The zero-order valence-corrected chi connectivity index (χ0v) is 12.8. The Morgan fingerprint density at radius 3 is 2.70 bits per heavy atom. The van der Waals surface area contributed by atoms with Gasteiger partial charge in [-0.15, -0.1) is 5.10 Å². The molecule has 1 aromatic carbocycles. The quantitative estimate of drug-likeness (QED) is 0.851. The standard InChI is InChI=1S/C14H18N4OS/c1-7(2)11-13(20-18-17-11)14(19)16-12-8(3)5-6-10(15)9(12)4/h5-7H,15H2,1-4H3,(H,16,19). The number of aryl methyl sites for hydroxylation is 1. The molecule has 0 aliphatic heterocycles. The van der Waals surface area contributed by atoms with Gasteiger partial charge in [0.15, 0.2) is 0 Å². The minimum Gasteiger partial charge on any atom is -0.398 e. The largest absolute Gasteiger partial charge is 0.398 e. The summed E-state index contributed by atoms with van der Waals surface area (Å²) in [5, 5.41) is 6.95. The number of nitrogens with one attached hydrogen (secondary N) is 1. The number of carbonyl (C=O) groups excluding carboxylic acids is 1. The van der Waals surface area contributed by atoms with Gasteiger partial charge in [0.05, 0.1) is 5.69 Å². The molecule has 0 bridgehead atoms. The van der Waals surface area contributed by atoms with Crippen LogP contribution in [0.4, 0.5) is 11.4 Å². The summed E-state index contributed by atoms with van der Waals surface area (Å²) in [5.74, 6) is -0.0157. The summed E-state index contributed by atoms with van der Waals surface area (Å²) in [6.45, 7) is 7.82. The molecule has 106 valence electrons. The molecule has 1 amide bonds. The number of amides is 1. The highest BCUT2D eigenvalue weighted by molar-refractivity contribution is 7.08. The highest BCUT2D eigenvalue weighted by Gasteiger charge is 2.20. The predicted octanol–water partition coefficient (Wildman–Crippen LogP) is 3.11. The molecule has 2 rings (SSSR count). The first-order valence-corrected chi connectivity index (χ1v) is 7.18. The average molecular weight is 290 g/mol. The van der Waals surface area contributed by atoms with Crippen molar-refractivity contribution in [1.82, 2.24) is 9.59 Å². The molecule has 20 heavy (non-hydrogen) atoms. The minimum absolute atomic E-state index is 0.164. The topological polar surface area (TPSA) is 80.9 Å². The van der Waals surface area contributed by atoms with Crippen LogP contribution in [0.5, 0.6) is 0 Å². The number of rotatable bonds is 3. The van der Waals surface area contributed by atoms with Crippen molar-refractivity contribution in [3.05, 3.63) is 33.8 Å². The van der Waals surface area contributed by atoms with Crippen LogP contribution in [-0.4, -0.2) is 15.5 Å². The maximum atomic E-state index is 12.4. The Morgan fingerprint density at radius 1 is 1.35 bits per heavy atom. The lowest BCUT2D eigenvalue weighted by atomic mass is 10.1. The molecule has 0 atom stereocenters. The maximum absolute atomic E-state index is 12.4. The van der Waals surface area contributed by atoms with E-state index in [9.17, 15) is 4.79 Å². The number of hydrogen-bond acceptors (Lipinski definition) is 5. The third-order valence-corrected chi connectivity index (χ3v) is 3.96. The Bertz CT molecular complexity index is 649. The van der Waals surface area contributed by atoms with E-state index < -0.39 is 0 Å². The van der Waals surface area contributed by atoms with E-state index in [0.29, 0.717) is 10.6 Å². The van der Waals surface area contributed by atoms with E-state index in [4.69, 9.17) is 5.73 Å². The second-order valence-electron chi connectivity index (χ2n) is 5.07. The highest BCUT2D eigenvalue weighted by Crippen LogP contribution is 2.27. The molecule has 0 unspecified atom stereocenters. The van der Waals surface area contributed by atoms with Crippen molar-refractivity contribution in [1.29, 1.82) is 0 Å². The van der Waals surface area contributed by atoms with Crippen molar-refractivity contribution >= 4 is 28.8 Å². The van der Waals surface area contributed by atoms with E-state index >= 15 is 0 Å². The third-order valence-electron chi connectivity index (χ3n) is 3.22. The number of hydrogen-bond donors (Lipinski definition) is 2. The van der Waals surface area contributed by atoms with Gasteiger partial charge in [-0.3, -0.25) is 4.79 Å². The number of carbonyl (C=O) groups is 1. The average Bonchev–Trinajstić information content (AvgIpc) is 2.88.